The van der Waals surface area contributed by atoms with Crippen LogP contribution in [0.15, 0.2) is 48.6 Å². The highest BCUT2D eigenvalue weighted by Gasteiger charge is 2.52. The van der Waals surface area contributed by atoms with Gasteiger partial charge in [-0.15, -0.1) is 5.01 Å². The zero-order valence-electron chi connectivity index (χ0n) is 13.2. The molecule has 1 aromatic rings. The van der Waals surface area contributed by atoms with E-state index in [9.17, 15) is 15.2 Å². The van der Waals surface area contributed by atoms with Gasteiger partial charge in [0.25, 0.3) is 0 Å². The highest BCUT2D eigenvalue weighted by molar-refractivity contribution is 5.48. The lowest BCUT2D eigenvalue weighted by atomic mass is 9.96. The maximum atomic E-state index is 11.4. The van der Waals surface area contributed by atoms with E-state index in [-0.39, 0.29) is 23.7 Å². The Kier molecular flexibility index (Phi) is 3.52. The molecule has 8 nitrogen and oxygen atoms in total. The minimum Gasteiger partial charge on any atom is -0.370 e. The summed E-state index contributed by atoms with van der Waals surface area (Å²) < 4.78 is 0. The highest BCUT2D eigenvalue weighted by Crippen LogP contribution is 2.32. The molecular formula is C16H19N5O3. The molecule has 1 aromatic carbocycles. The van der Waals surface area contributed by atoms with E-state index in [0.717, 1.165) is 11.3 Å². The van der Waals surface area contributed by atoms with Crippen molar-refractivity contribution in [3.8, 4) is 0 Å². The van der Waals surface area contributed by atoms with Crippen molar-refractivity contribution in [2.24, 2.45) is 0 Å². The molecule has 0 amide bonds. The molecule has 0 saturated carbocycles. The summed E-state index contributed by atoms with van der Waals surface area (Å²) >= 11 is 0. The normalized spacial score (nSPS) is 31.9. The third kappa shape index (κ3) is 2.27. The number of hydrogen-bond acceptors (Lipinski definition) is 6. The summed E-state index contributed by atoms with van der Waals surface area (Å²) in [5, 5.41) is 26.6. The summed E-state index contributed by atoms with van der Waals surface area (Å²) in [5.41, 5.74) is 5.17. The van der Waals surface area contributed by atoms with Gasteiger partial charge in [0.15, 0.2) is 11.3 Å². The van der Waals surface area contributed by atoms with E-state index in [1.54, 1.807) is 5.01 Å². The lowest BCUT2D eigenvalue weighted by Crippen LogP contribution is -2.65. The van der Waals surface area contributed by atoms with E-state index in [2.05, 4.69) is 5.53 Å². The van der Waals surface area contributed by atoms with Crippen LogP contribution in [-0.2, 0) is 0 Å². The molecular weight excluding hydrogens is 310 g/mol. The van der Waals surface area contributed by atoms with Crippen LogP contribution in [0.2, 0.25) is 0 Å². The van der Waals surface area contributed by atoms with E-state index >= 15 is 0 Å². The topological polar surface area (TPSA) is 85.1 Å². The van der Waals surface area contributed by atoms with Crippen LogP contribution in [0.4, 0.5) is 5.69 Å². The first-order chi connectivity index (χ1) is 11.6. The minimum absolute atomic E-state index is 0.142. The van der Waals surface area contributed by atoms with Gasteiger partial charge in [0.05, 0.1) is 17.8 Å². The predicted octanol–water partition coefficient (Wildman–Crippen LogP) is 0.594. The lowest BCUT2D eigenvalue weighted by Gasteiger charge is -2.42. The molecule has 0 radical (unpaired) electrons. The van der Waals surface area contributed by atoms with Crippen LogP contribution < -0.4 is 10.5 Å². The van der Waals surface area contributed by atoms with Crippen molar-refractivity contribution >= 4 is 5.69 Å². The van der Waals surface area contributed by atoms with E-state index in [1.165, 1.54) is 5.01 Å². The molecule has 4 rings (SSSR count). The van der Waals surface area contributed by atoms with Gasteiger partial charge in [0.1, 0.15) is 12.6 Å². The van der Waals surface area contributed by atoms with E-state index in [1.807, 2.05) is 60.5 Å². The fourth-order valence-corrected chi connectivity index (χ4v) is 3.56. The Bertz CT molecular complexity index is 704. The molecule has 0 spiro atoms. The van der Waals surface area contributed by atoms with Crippen molar-refractivity contribution in [2.75, 3.05) is 11.6 Å². The van der Waals surface area contributed by atoms with Crippen LogP contribution in [0.25, 0.3) is 0 Å². The Morgan fingerprint density at radius 2 is 1.88 bits per heavy atom. The molecule has 0 bridgehead atoms. The number of allylic oxidation sites excluding steroid dienone is 2. The summed E-state index contributed by atoms with van der Waals surface area (Å²) in [7, 11) is 0. The van der Waals surface area contributed by atoms with Gasteiger partial charge in [0.2, 0.25) is 0 Å². The molecule has 24 heavy (non-hydrogen) atoms. The molecule has 2 saturated heterocycles. The second-order valence-corrected chi connectivity index (χ2v) is 6.30. The average Bonchev–Trinajstić information content (AvgIpc) is 2.92. The molecule has 2 aliphatic heterocycles. The fraction of sp³-hybridized carbons (Fsp3) is 0.375. The van der Waals surface area contributed by atoms with Crippen LogP contribution in [0.3, 0.4) is 0 Å². The van der Waals surface area contributed by atoms with Crippen molar-refractivity contribution in [3.63, 3.8) is 0 Å². The van der Waals surface area contributed by atoms with Gasteiger partial charge in [-0.25, -0.2) is 15.1 Å². The molecule has 3 aliphatic rings. The van der Waals surface area contributed by atoms with Gasteiger partial charge in [-0.1, -0.05) is 42.0 Å². The smallest absolute Gasteiger partial charge is 0.161 e. The second-order valence-electron chi connectivity index (χ2n) is 6.30. The molecule has 2 fully saturated rings. The SMILES string of the molecule is Cc1ccc(N2NN3C4C=CC=CC4N([N+](=O)[O-])CC3C2O)cc1. The summed E-state index contributed by atoms with van der Waals surface area (Å²) in [6.07, 6.45) is 6.57. The Morgan fingerprint density at radius 3 is 2.54 bits per heavy atom. The van der Waals surface area contributed by atoms with Gasteiger partial charge < -0.3 is 5.11 Å². The number of benzene rings is 1. The number of nitrogens with one attached hydrogen (secondary N) is 1. The number of piperazine rings is 1. The number of anilines is 1. The highest BCUT2D eigenvalue weighted by atomic mass is 16.7. The van der Waals surface area contributed by atoms with Gasteiger partial charge in [-0.3, -0.25) is 5.01 Å². The van der Waals surface area contributed by atoms with E-state index < -0.39 is 12.3 Å². The van der Waals surface area contributed by atoms with Crippen LogP contribution in [0.5, 0.6) is 0 Å². The number of aliphatic hydroxyl groups is 1. The van der Waals surface area contributed by atoms with Crippen molar-refractivity contribution in [1.29, 1.82) is 0 Å². The number of hydrazine groups is 3. The number of rotatable bonds is 2. The molecule has 4 atom stereocenters. The van der Waals surface area contributed by atoms with Gasteiger partial charge in [0, 0.05) is 0 Å². The summed E-state index contributed by atoms with van der Waals surface area (Å²) in [6, 6.07) is 6.79. The molecule has 8 heteroatoms. The molecule has 126 valence electrons. The molecule has 0 aromatic heterocycles. The number of fused-ring (bicyclic) bond motifs is 3. The largest absolute Gasteiger partial charge is 0.370 e. The van der Waals surface area contributed by atoms with E-state index in [4.69, 9.17) is 0 Å². The first-order valence-electron chi connectivity index (χ1n) is 7.91. The van der Waals surface area contributed by atoms with E-state index in [0.29, 0.717) is 0 Å². The second kappa shape index (κ2) is 5.59. The van der Waals surface area contributed by atoms with Crippen LogP contribution in [0.1, 0.15) is 5.56 Å². The number of nitro groups is 1. The van der Waals surface area contributed by atoms with Gasteiger partial charge in [-0.05, 0) is 19.1 Å². The van der Waals surface area contributed by atoms with Gasteiger partial charge in [-0.2, -0.15) is 5.53 Å². The maximum Gasteiger partial charge on any atom is 0.161 e. The Morgan fingerprint density at radius 1 is 1.21 bits per heavy atom. The number of aryl methyl sites for hydroxylation is 1. The number of aliphatic hydroxyl groups excluding tert-OH is 1. The zero-order valence-corrected chi connectivity index (χ0v) is 13.2. The molecule has 2 heterocycles. The summed E-state index contributed by atoms with van der Waals surface area (Å²) in [4.78, 5) is 11.4. The Labute approximate surface area is 139 Å². The van der Waals surface area contributed by atoms with Crippen molar-refractivity contribution in [3.05, 3.63) is 64.2 Å². The monoisotopic (exact) mass is 329 g/mol. The first kappa shape index (κ1) is 15.1. The maximum absolute atomic E-state index is 11.4. The average molecular weight is 329 g/mol. The summed E-state index contributed by atoms with van der Waals surface area (Å²) in [6.45, 7) is 2.14. The lowest BCUT2D eigenvalue weighted by molar-refractivity contribution is -0.667. The molecule has 4 unspecified atom stereocenters. The summed E-state index contributed by atoms with van der Waals surface area (Å²) in [5.74, 6) is 0. The zero-order chi connectivity index (χ0) is 16.8. The third-order valence-corrected chi connectivity index (χ3v) is 4.83. The number of hydrogen-bond donors (Lipinski definition) is 2. The minimum atomic E-state index is -0.879. The van der Waals surface area contributed by atoms with Crippen LogP contribution >= 0.6 is 0 Å². The standard InChI is InChI=1S/C16H19N5O3/c1-11-6-8-12(9-7-11)19-16(22)15-10-18(21(23)24)13-4-2-3-5-14(13)20(15)17-19/h2-9,13-17,22H,10H2,1H3. The molecule has 2 N–H and O–H groups in total. The number of nitrogens with zero attached hydrogens (tertiary/aromatic N) is 4. The van der Waals surface area contributed by atoms with Crippen molar-refractivity contribution in [2.45, 2.75) is 31.3 Å². The first-order valence-corrected chi connectivity index (χ1v) is 7.91. The quantitative estimate of drug-likeness (QED) is 0.607. The van der Waals surface area contributed by atoms with Gasteiger partial charge >= 0.3 is 0 Å². The Balaban J connectivity index is 1.66. The van der Waals surface area contributed by atoms with Crippen molar-refractivity contribution in [1.82, 2.24) is 15.6 Å². The fourth-order valence-electron chi connectivity index (χ4n) is 3.56. The van der Waals surface area contributed by atoms with Crippen LogP contribution in [0, 0.1) is 17.0 Å². The predicted molar refractivity (Wildman–Crippen MR) is 88.0 cm³/mol. The molecule has 1 aliphatic carbocycles. The van der Waals surface area contributed by atoms with Crippen LogP contribution in [-0.4, -0.2) is 51.1 Å². The Hall–Kier alpha value is -2.42. The van der Waals surface area contributed by atoms with Crippen molar-refractivity contribution < 1.29 is 10.1 Å². The third-order valence-electron chi connectivity index (χ3n) is 4.83.